The summed E-state index contributed by atoms with van der Waals surface area (Å²) in [7, 11) is -1.49. The highest BCUT2D eigenvalue weighted by Crippen LogP contribution is 2.25. The highest BCUT2D eigenvalue weighted by atomic mass is 32.2. The van der Waals surface area contributed by atoms with Gasteiger partial charge in [-0.25, -0.2) is 13.1 Å². The van der Waals surface area contributed by atoms with Crippen molar-refractivity contribution in [2.75, 3.05) is 32.4 Å². The molecule has 0 bridgehead atoms. The Morgan fingerprint density at radius 1 is 1.37 bits per heavy atom. The predicted molar refractivity (Wildman–Crippen MR) is 75.2 cm³/mol. The Morgan fingerprint density at radius 3 is 2.58 bits per heavy atom. The Morgan fingerprint density at radius 2 is 2.05 bits per heavy atom. The standard InChI is InChI=1S/C12H25N3O3S/c1-10(8-13-2)12(16)14-6-7-19(17,18)15-9-11-4-3-5-11/h10-11,13,15H,3-9H2,1-2H3,(H,14,16). The number of nitrogens with one attached hydrogen (secondary N) is 3. The molecule has 3 N–H and O–H groups in total. The maximum absolute atomic E-state index is 11.7. The summed E-state index contributed by atoms with van der Waals surface area (Å²) >= 11 is 0. The predicted octanol–water partition coefficient (Wildman–Crippen LogP) is -0.322. The van der Waals surface area contributed by atoms with Crippen molar-refractivity contribution in [2.45, 2.75) is 26.2 Å². The Balaban J connectivity index is 2.17. The lowest BCUT2D eigenvalue weighted by Gasteiger charge is -2.25. The summed E-state index contributed by atoms with van der Waals surface area (Å²) < 4.78 is 26.0. The third-order valence-corrected chi connectivity index (χ3v) is 4.79. The number of amides is 1. The Kier molecular flexibility index (Phi) is 6.74. The first kappa shape index (κ1) is 16.4. The summed E-state index contributed by atoms with van der Waals surface area (Å²) in [6.07, 6.45) is 3.42. The largest absolute Gasteiger partial charge is 0.355 e. The molecule has 1 unspecified atom stereocenters. The van der Waals surface area contributed by atoms with Gasteiger partial charge in [0.1, 0.15) is 0 Å². The minimum atomic E-state index is -3.27. The third kappa shape index (κ3) is 6.35. The summed E-state index contributed by atoms with van der Waals surface area (Å²) in [5.74, 6) is 0.164. The minimum Gasteiger partial charge on any atom is -0.355 e. The van der Waals surface area contributed by atoms with E-state index in [1.54, 1.807) is 14.0 Å². The van der Waals surface area contributed by atoms with Crippen LogP contribution in [0.1, 0.15) is 26.2 Å². The van der Waals surface area contributed by atoms with Crippen molar-refractivity contribution >= 4 is 15.9 Å². The zero-order valence-corrected chi connectivity index (χ0v) is 12.6. The van der Waals surface area contributed by atoms with E-state index in [0.717, 1.165) is 12.8 Å². The van der Waals surface area contributed by atoms with Crippen LogP contribution in [0.15, 0.2) is 0 Å². The van der Waals surface area contributed by atoms with E-state index in [1.807, 2.05) is 0 Å². The SMILES string of the molecule is CNCC(C)C(=O)NCCS(=O)(=O)NCC1CCC1. The van der Waals surface area contributed by atoms with Crippen LogP contribution < -0.4 is 15.4 Å². The summed E-state index contributed by atoms with van der Waals surface area (Å²) in [5.41, 5.74) is 0. The van der Waals surface area contributed by atoms with E-state index < -0.39 is 10.0 Å². The second kappa shape index (κ2) is 7.81. The molecular formula is C12H25N3O3S. The smallest absolute Gasteiger partial charge is 0.224 e. The molecular weight excluding hydrogens is 266 g/mol. The lowest BCUT2D eigenvalue weighted by Crippen LogP contribution is -2.40. The van der Waals surface area contributed by atoms with Gasteiger partial charge in [0.05, 0.1) is 5.75 Å². The first-order valence-electron chi connectivity index (χ1n) is 6.84. The molecule has 0 spiro atoms. The van der Waals surface area contributed by atoms with Gasteiger partial charge in [0, 0.05) is 25.6 Å². The number of carbonyl (C=O) groups excluding carboxylic acids is 1. The van der Waals surface area contributed by atoms with Crippen molar-refractivity contribution in [1.82, 2.24) is 15.4 Å². The van der Waals surface area contributed by atoms with Crippen LogP contribution in [0.25, 0.3) is 0 Å². The lowest BCUT2D eigenvalue weighted by molar-refractivity contribution is -0.124. The number of sulfonamides is 1. The molecule has 6 nitrogen and oxygen atoms in total. The van der Waals surface area contributed by atoms with E-state index in [9.17, 15) is 13.2 Å². The van der Waals surface area contributed by atoms with Gasteiger partial charge in [-0.05, 0) is 25.8 Å². The third-order valence-electron chi connectivity index (χ3n) is 3.44. The number of hydrogen-bond acceptors (Lipinski definition) is 4. The molecule has 1 rings (SSSR count). The highest BCUT2D eigenvalue weighted by molar-refractivity contribution is 7.89. The van der Waals surface area contributed by atoms with Gasteiger partial charge in [-0.15, -0.1) is 0 Å². The summed E-state index contributed by atoms with van der Waals surface area (Å²) in [4.78, 5) is 11.6. The van der Waals surface area contributed by atoms with Gasteiger partial charge in [-0.1, -0.05) is 13.3 Å². The monoisotopic (exact) mass is 291 g/mol. The van der Waals surface area contributed by atoms with Gasteiger partial charge in [0.15, 0.2) is 0 Å². The molecule has 0 heterocycles. The normalized spacial score (nSPS) is 17.8. The van der Waals surface area contributed by atoms with Crippen LogP contribution in [0.2, 0.25) is 0 Å². The molecule has 0 aromatic rings. The van der Waals surface area contributed by atoms with Gasteiger partial charge in [0.2, 0.25) is 15.9 Å². The fraction of sp³-hybridized carbons (Fsp3) is 0.917. The molecule has 1 atom stereocenters. The molecule has 1 fully saturated rings. The van der Waals surface area contributed by atoms with Gasteiger partial charge in [0.25, 0.3) is 0 Å². The van der Waals surface area contributed by atoms with Crippen LogP contribution in [-0.4, -0.2) is 46.8 Å². The van der Waals surface area contributed by atoms with E-state index >= 15 is 0 Å². The molecule has 0 radical (unpaired) electrons. The highest BCUT2D eigenvalue weighted by Gasteiger charge is 2.20. The quantitative estimate of drug-likeness (QED) is 0.543. The molecule has 0 aliphatic heterocycles. The maximum atomic E-state index is 11.7. The van der Waals surface area contributed by atoms with Gasteiger partial charge >= 0.3 is 0 Å². The first-order chi connectivity index (χ1) is 8.94. The first-order valence-corrected chi connectivity index (χ1v) is 8.49. The number of carbonyl (C=O) groups is 1. The Bertz CT molecular complexity index is 380. The second-order valence-electron chi connectivity index (χ2n) is 5.21. The molecule has 1 saturated carbocycles. The van der Waals surface area contributed by atoms with Crippen LogP contribution in [0.4, 0.5) is 0 Å². The molecule has 19 heavy (non-hydrogen) atoms. The van der Waals surface area contributed by atoms with Crippen LogP contribution in [0, 0.1) is 11.8 Å². The minimum absolute atomic E-state index is 0.0578. The van der Waals surface area contributed by atoms with Gasteiger partial charge in [-0.3, -0.25) is 4.79 Å². The molecule has 1 amide bonds. The maximum Gasteiger partial charge on any atom is 0.224 e. The Hall–Kier alpha value is -0.660. The molecule has 7 heteroatoms. The summed E-state index contributed by atoms with van der Waals surface area (Å²) in [5, 5.41) is 5.55. The molecule has 1 aliphatic rings. The van der Waals surface area contributed by atoms with Crippen LogP contribution in [0.5, 0.6) is 0 Å². The van der Waals surface area contributed by atoms with Crippen molar-refractivity contribution in [2.24, 2.45) is 11.8 Å². The van der Waals surface area contributed by atoms with Crippen LogP contribution >= 0.6 is 0 Å². The van der Waals surface area contributed by atoms with Crippen molar-refractivity contribution in [3.8, 4) is 0 Å². The molecule has 112 valence electrons. The van der Waals surface area contributed by atoms with Crippen molar-refractivity contribution < 1.29 is 13.2 Å². The van der Waals surface area contributed by atoms with E-state index in [-0.39, 0.29) is 24.1 Å². The zero-order valence-electron chi connectivity index (χ0n) is 11.7. The van der Waals surface area contributed by atoms with Crippen molar-refractivity contribution in [3.05, 3.63) is 0 Å². The number of rotatable bonds is 9. The lowest BCUT2D eigenvalue weighted by atomic mass is 9.86. The molecule has 0 aromatic carbocycles. The van der Waals surface area contributed by atoms with Crippen molar-refractivity contribution in [1.29, 1.82) is 0 Å². The summed E-state index contributed by atoms with van der Waals surface area (Å²) in [6.45, 7) is 3.08. The summed E-state index contributed by atoms with van der Waals surface area (Å²) in [6, 6.07) is 0. The fourth-order valence-electron chi connectivity index (χ4n) is 1.90. The van der Waals surface area contributed by atoms with E-state index in [1.165, 1.54) is 6.42 Å². The molecule has 0 aromatic heterocycles. The van der Waals surface area contributed by atoms with Crippen LogP contribution in [-0.2, 0) is 14.8 Å². The Labute approximate surface area is 115 Å². The van der Waals surface area contributed by atoms with Gasteiger partial charge < -0.3 is 10.6 Å². The topological polar surface area (TPSA) is 87.3 Å². The average Bonchev–Trinajstić information content (AvgIpc) is 2.26. The average molecular weight is 291 g/mol. The van der Waals surface area contributed by atoms with Gasteiger partial charge in [-0.2, -0.15) is 0 Å². The number of hydrogen-bond donors (Lipinski definition) is 3. The van der Waals surface area contributed by atoms with Crippen molar-refractivity contribution in [3.63, 3.8) is 0 Å². The molecule has 0 saturated heterocycles. The van der Waals surface area contributed by atoms with E-state index in [4.69, 9.17) is 0 Å². The second-order valence-corrected chi connectivity index (χ2v) is 7.14. The zero-order chi connectivity index (χ0) is 14.3. The van der Waals surface area contributed by atoms with E-state index in [2.05, 4.69) is 15.4 Å². The molecule has 1 aliphatic carbocycles. The van der Waals surface area contributed by atoms with Crippen LogP contribution in [0.3, 0.4) is 0 Å². The fourth-order valence-corrected chi connectivity index (χ4v) is 2.90. The van der Waals surface area contributed by atoms with E-state index in [0.29, 0.717) is 19.0 Å².